The molecule has 2 N–H and O–H groups in total. The van der Waals surface area contributed by atoms with Crippen LogP contribution in [0.3, 0.4) is 0 Å². The Labute approximate surface area is 111 Å². The summed E-state index contributed by atoms with van der Waals surface area (Å²) in [5.41, 5.74) is 1.36. The fraction of sp³-hybridized carbons (Fsp3) is 0.0909. The van der Waals surface area contributed by atoms with E-state index in [1.807, 2.05) is 0 Å². The van der Waals surface area contributed by atoms with Crippen LogP contribution in [0.4, 0.5) is 9.52 Å². The Morgan fingerprint density at radius 2 is 2.11 bits per heavy atom. The third kappa shape index (κ3) is 3.55. The number of nitrogens with zero attached hydrogens (tertiary/aromatic N) is 2. The fourth-order valence-corrected chi connectivity index (χ4v) is 1.75. The highest BCUT2D eigenvalue weighted by atomic mass is 32.1. The molecule has 2 rings (SSSR count). The molecule has 2 aromatic rings. The highest BCUT2D eigenvalue weighted by molar-refractivity contribution is 7.13. The smallest absolute Gasteiger partial charge is 0.254 e. The third-order valence-corrected chi connectivity index (χ3v) is 2.74. The monoisotopic (exact) mass is 280 g/mol. The summed E-state index contributed by atoms with van der Waals surface area (Å²) >= 11 is 1.16. The third-order valence-electron chi connectivity index (χ3n) is 2.13. The largest absolute Gasteiger partial charge is 0.343 e. The topological polar surface area (TPSA) is 84.0 Å². The fourth-order valence-electron chi connectivity index (χ4n) is 1.29. The second-order valence-electron chi connectivity index (χ2n) is 3.45. The number of halogens is 1. The Balaban J connectivity index is 1.87. The SMILES string of the molecule is O=C(CNC(=O)c1ccccc1F)Nc1nncs1. The summed E-state index contributed by atoms with van der Waals surface area (Å²) in [5, 5.41) is 12.3. The van der Waals surface area contributed by atoms with E-state index in [2.05, 4.69) is 20.8 Å². The predicted octanol–water partition coefficient (Wildman–Crippen LogP) is 1.05. The zero-order valence-electron chi connectivity index (χ0n) is 9.59. The molecular weight excluding hydrogens is 271 g/mol. The summed E-state index contributed by atoms with van der Waals surface area (Å²) in [6.07, 6.45) is 0. The van der Waals surface area contributed by atoms with Crippen molar-refractivity contribution in [1.29, 1.82) is 0 Å². The van der Waals surface area contributed by atoms with E-state index < -0.39 is 17.6 Å². The summed E-state index contributed by atoms with van der Waals surface area (Å²) in [6, 6.07) is 5.54. The molecular formula is C11H9FN4O2S. The minimum absolute atomic E-state index is 0.105. The van der Waals surface area contributed by atoms with Crippen LogP contribution in [0, 0.1) is 5.82 Å². The van der Waals surface area contributed by atoms with Gasteiger partial charge in [0.25, 0.3) is 5.91 Å². The first-order valence-electron chi connectivity index (χ1n) is 5.25. The van der Waals surface area contributed by atoms with Crippen LogP contribution in [0.25, 0.3) is 0 Å². The number of amides is 2. The van der Waals surface area contributed by atoms with Crippen LogP contribution in [-0.2, 0) is 4.79 Å². The molecule has 0 aliphatic heterocycles. The van der Waals surface area contributed by atoms with Crippen LogP contribution in [0.15, 0.2) is 29.8 Å². The van der Waals surface area contributed by atoms with E-state index >= 15 is 0 Å². The lowest BCUT2D eigenvalue weighted by Crippen LogP contribution is -2.33. The van der Waals surface area contributed by atoms with Crippen molar-refractivity contribution in [3.63, 3.8) is 0 Å². The number of anilines is 1. The van der Waals surface area contributed by atoms with Gasteiger partial charge in [0.1, 0.15) is 11.3 Å². The molecule has 0 fully saturated rings. The van der Waals surface area contributed by atoms with E-state index in [0.717, 1.165) is 11.3 Å². The minimum atomic E-state index is -0.648. The molecule has 1 aromatic heterocycles. The Bertz CT molecular complexity index is 588. The zero-order chi connectivity index (χ0) is 13.7. The van der Waals surface area contributed by atoms with E-state index in [1.54, 1.807) is 6.07 Å². The molecule has 98 valence electrons. The number of hydrogen-bond donors (Lipinski definition) is 2. The molecule has 0 aliphatic carbocycles. The molecule has 0 unspecified atom stereocenters. The summed E-state index contributed by atoms with van der Waals surface area (Å²) in [4.78, 5) is 23.1. The minimum Gasteiger partial charge on any atom is -0.343 e. The number of carbonyl (C=O) groups excluding carboxylic acids is 2. The number of rotatable bonds is 4. The average Bonchev–Trinajstić information content (AvgIpc) is 2.89. The van der Waals surface area contributed by atoms with Crippen molar-refractivity contribution >= 4 is 28.3 Å². The number of benzene rings is 1. The van der Waals surface area contributed by atoms with Crippen LogP contribution in [0.1, 0.15) is 10.4 Å². The average molecular weight is 280 g/mol. The van der Waals surface area contributed by atoms with Crippen molar-refractivity contribution in [2.75, 3.05) is 11.9 Å². The molecule has 0 bridgehead atoms. The van der Waals surface area contributed by atoms with E-state index in [1.165, 1.54) is 23.7 Å². The van der Waals surface area contributed by atoms with Gasteiger partial charge in [-0.05, 0) is 12.1 Å². The van der Waals surface area contributed by atoms with Crippen molar-refractivity contribution in [3.05, 3.63) is 41.2 Å². The van der Waals surface area contributed by atoms with Crippen LogP contribution in [0.5, 0.6) is 0 Å². The molecule has 0 aliphatic rings. The summed E-state index contributed by atoms with van der Waals surface area (Å²) in [6.45, 7) is -0.271. The molecule has 0 saturated heterocycles. The predicted molar refractivity (Wildman–Crippen MR) is 67.3 cm³/mol. The van der Waals surface area contributed by atoms with Gasteiger partial charge in [0, 0.05) is 0 Å². The number of hydrogen-bond acceptors (Lipinski definition) is 5. The van der Waals surface area contributed by atoms with Gasteiger partial charge in [-0.3, -0.25) is 14.9 Å². The van der Waals surface area contributed by atoms with E-state index in [9.17, 15) is 14.0 Å². The standard InChI is InChI=1S/C11H9FN4O2S/c12-8-4-2-1-3-7(8)10(18)13-5-9(17)15-11-16-14-6-19-11/h1-4,6H,5H2,(H,13,18)(H,15,16,17). The quantitative estimate of drug-likeness (QED) is 0.876. The van der Waals surface area contributed by atoms with Gasteiger partial charge in [-0.15, -0.1) is 10.2 Å². The molecule has 0 saturated carbocycles. The number of carbonyl (C=O) groups is 2. The molecule has 1 aromatic carbocycles. The van der Waals surface area contributed by atoms with Crippen molar-refractivity contribution in [3.8, 4) is 0 Å². The van der Waals surface area contributed by atoms with Gasteiger partial charge in [-0.1, -0.05) is 23.5 Å². The highest BCUT2D eigenvalue weighted by Gasteiger charge is 2.12. The van der Waals surface area contributed by atoms with Gasteiger partial charge in [-0.25, -0.2) is 4.39 Å². The maximum Gasteiger partial charge on any atom is 0.254 e. The Hall–Kier alpha value is -2.35. The zero-order valence-corrected chi connectivity index (χ0v) is 10.4. The lowest BCUT2D eigenvalue weighted by atomic mass is 10.2. The van der Waals surface area contributed by atoms with Crippen molar-refractivity contribution in [2.24, 2.45) is 0 Å². The summed E-state index contributed by atoms with van der Waals surface area (Å²) in [7, 11) is 0. The maximum absolute atomic E-state index is 13.3. The maximum atomic E-state index is 13.3. The number of aromatic nitrogens is 2. The summed E-state index contributed by atoms with van der Waals surface area (Å²) < 4.78 is 13.3. The van der Waals surface area contributed by atoms with Crippen LogP contribution in [0.2, 0.25) is 0 Å². The second-order valence-corrected chi connectivity index (χ2v) is 4.29. The molecule has 8 heteroatoms. The molecule has 19 heavy (non-hydrogen) atoms. The van der Waals surface area contributed by atoms with E-state index in [-0.39, 0.29) is 12.1 Å². The number of nitrogens with one attached hydrogen (secondary N) is 2. The van der Waals surface area contributed by atoms with E-state index in [0.29, 0.717) is 5.13 Å². The van der Waals surface area contributed by atoms with Gasteiger partial charge < -0.3 is 5.32 Å². The Morgan fingerprint density at radius 1 is 1.32 bits per heavy atom. The first-order valence-corrected chi connectivity index (χ1v) is 6.13. The van der Waals surface area contributed by atoms with Gasteiger partial charge in [0.15, 0.2) is 0 Å². The van der Waals surface area contributed by atoms with E-state index in [4.69, 9.17) is 0 Å². The lowest BCUT2D eigenvalue weighted by Gasteiger charge is -2.05. The molecule has 0 atom stereocenters. The van der Waals surface area contributed by atoms with Gasteiger partial charge >= 0.3 is 0 Å². The van der Waals surface area contributed by atoms with Gasteiger partial charge in [0.2, 0.25) is 11.0 Å². The van der Waals surface area contributed by atoms with Gasteiger partial charge in [-0.2, -0.15) is 0 Å². The molecule has 6 nitrogen and oxygen atoms in total. The van der Waals surface area contributed by atoms with Crippen molar-refractivity contribution < 1.29 is 14.0 Å². The Kier molecular flexibility index (Phi) is 4.14. The van der Waals surface area contributed by atoms with Crippen molar-refractivity contribution in [1.82, 2.24) is 15.5 Å². The van der Waals surface area contributed by atoms with Crippen molar-refractivity contribution in [2.45, 2.75) is 0 Å². The highest BCUT2D eigenvalue weighted by Crippen LogP contribution is 2.07. The first kappa shape index (κ1) is 13.1. The second kappa shape index (κ2) is 6.01. The molecule has 1 heterocycles. The van der Waals surface area contributed by atoms with Gasteiger partial charge in [0.05, 0.1) is 12.1 Å². The normalized spacial score (nSPS) is 9.95. The van der Waals surface area contributed by atoms with Crippen LogP contribution < -0.4 is 10.6 Å². The summed E-state index contributed by atoms with van der Waals surface area (Å²) in [5.74, 6) is -1.74. The first-order chi connectivity index (χ1) is 9.16. The van der Waals surface area contributed by atoms with Crippen LogP contribution in [-0.4, -0.2) is 28.6 Å². The molecule has 0 spiro atoms. The molecule has 0 radical (unpaired) electrons. The van der Waals surface area contributed by atoms with Crippen LogP contribution >= 0.6 is 11.3 Å². The lowest BCUT2D eigenvalue weighted by molar-refractivity contribution is -0.115. The molecule has 2 amide bonds. The Morgan fingerprint density at radius 3 is 2.79 bits per heavy atom.